The number of fused-ring (bicyclic) bond motifs is 2. The Hall–Kier alpha value is -3.15. The van der Waals surface area contributed by atoms with Crippen LogP contribution >= 0.6 is 0 Å². The van der Waals surface area contributed by atoms with Crippen LogP contribution in [-0.4, -0.2) is 34.6 Å². The molecule has 0 saturated heterocycles. The summed E-state index contributed by atoms with van der Waals surface area (Å²) in [6.45, 7) is 0. The number of allylic oxidation sites excluding steroid dienone is 1. The normalized spacial score (nSPS) is 15.1. The molecule has 24 heavy (non-hydrogen) atoms. The van der Waals surface area contributed by atoms with E-state index in [4.69, 9.17) is 9.47 Å². The quantitative estimate of drug-likeness (QED) is 0.694. The topological polar surface area (TPSA) is 65.7 Å². The summed E-state index contributed by atoms with van der Waals surface area (Å²) in [5, 5.41) is 4.25. The van der Waals surface area contributed by atoms with Crippen molar-refractivity contribution >= 4 is 17.5 Å². The summed E-state index contributed by atoms with van der Waals surface area (Å²) in [6.07, 6.45) is 7.66. The first kappa shape index (κ1) is 14.4. The summed E-state index contributed by atoms with van der Waals surface area (Å²) in [6, 6.07) is 5.42. The van der Waals surface area contributed by atoms with Crippen molar-refractivity contribution in [3.8, 4) is 11.5 Å². The predicted octanol–water partition coefficient (Wildman–Crippen LogP) is 2.57. The van der Waals surface area contributed by atoms with Gasteiger partial charge in [0, 0.05) is 35.5 Å². The number of aromatic nitrogens is 3. The van der Waals surface area contributed by atoms with Gasteiger partial charge in [-0.2, -0.15) is 5.10 Å². The van der Waals surface area contributed by atoms with E-state index in [1.54, 1.807) is 37.2 Å². The summed E-state index contributed by atoms with van der Waals surface area (Å²) in [7, 11) is 3.15. The minimum atomic E-state index is 0.00114. The van der Waals surface area contributed by atoms with Crippen LogP contribution in [-0.2, 0) is 6.42 Å². The highest BCUT2D eigenvalue weighted by Gasteiger charge is 2.27. The van der Waals surface area contributed by atoms with Gasteiger partial charge in [0.1, 0.15) is 0 Å². The lowest BCUT2D eigenvalue weighted by molar-refractivity contribution is 0.104. The van der Waals surface area contributed by atoms with E-state index < -0.39 is 0 Å². The van der Waals surface area contributed by atoms with Crippen molar-refractivity contribution in [1.29, 1.82) is 0 Å². The molecule has 0 spiro atoms. The molecule has 3 aromatic rings. The molecule has 0 atom stereocenters. The molecule has 1 aliphatic carbocycles. The molecule has 6 nitrogen and oxygen atoms in total. The molecule has 0 unspecified atom stereocenters. The van der Waals surface area contributed by atoms with Crippen LogP contribution in [0.25, 0.3) is 11.7 Å². The maximum absolute atomic E-state index is 12.7. The van der Waals surface area contributed by atoms with Gasteiger partial charge in [0.25, 0.3) is 0 Å². The zero-order valence-electron chi connectivity index (χ0n) is 13.3. The molecule has 0 saturated carbocycles. The Morgan fingerprint density at radius 3 is 2.79 bits per heavy atom. The van der Waals surface area contributed by atoms with Crippen molar-refractivity contribution in [2.24, 2.45) is 0 Å². The van der Waals surface area contributed by atoms with Crippen LogP contribution in [0, 0.1) is 0 Å². The molecule has 4 rings (SSSR count). The molecule has 0 aliphatic heterocycles. The first-order valence-corrected chi connectivity index (χ1v) is 7.50. The summed E-state index contributed by atoms with van der Waals surface area (Å²) >= 11 is 0. The lowest BCUT2D eigenvalue weighted by Gasteiger charge is -2.08. The molecular weight excluding hydrogens is 306 g/mol. The zero-order chi connectivity index (χ0) is 16.7. The van der Waals surface area contributed by atoms with Crippen molar-refractivity contribution in [3.05, 3.63) is 59.1 Å². The van der Waals surface area contributed by atoms with Crippen LogP contribution in [0.3, 0.4) is 0 Å². The van der Waals surface area contributed by atoms with Gasteiger partial charge in [0.05, 0.1) is 20.4 Å². The highest BCUT2D eigenvalue weighted by atomic mass is 16.5. The second-order valence-electron chi connectivity index (χ2n) is 5.53. The van der Waals surface area contributed by atoms with E-state index in [0.29, 0.717) is 29.1 Å². The van der Waals surface area contributed by atoms with Gasteiger partial charge in [-0.3, -0.25) is 4.79 Å². The van der Waals surface area contributed by atoms with Crippen molar-refractivity contribution in [3.63, 3.8) is 0 Å². The molecule has 6 heteroatoms. The van der Waals surface area contributed by atoms with Gasteiger partial charge < -0.3 is 9.47 Å². The minimum Gasteiger partial charge on any atom is -0.493 e. The van der Waals surface area contributed by atoms with Crippen molar-refractivity contribution < 1.29 is 14.3 Å². The third kappa shape index (κ3) is 2.15. The number of nitrogens with zero attached hydrogens (tertiary/aromatic N) is 3. The zero-order valence-corrected chi connectivity index (χ0v) is 13.3. The van der Waals surface area contributed by atoms with Crippen LogP contribution in [0.5, 0.6) is 11.5 Å². The number of ketones is 1. The SMILES string of the molecule is COc1cc2c(cc1OC)C(=O)/C(=C/c1cnn3cccnc13)C2. The van der Waals surface area contributed by atoms with Crippen molar-refractivity contribution in [1.82, 2.24) is 14.6 Å². The van der Waals surface area contributed by atoms with Crippen molar-refractivity contribution in [2.45, 2.75) is 6.42 Å². The smallest absolute Gasteiger partial charge is 0.189 e. The maximum atomic E-state index is 12.7. The number of Topliss-reactive ketones (excluding diaryl/α,β-unsaturated/α-hetero) is 1. The molecule has 0 amide bonds. The molecule has 2 heterocycles. The van der Waals surface area contributed by atoms with Crippen LogP contribution < -0.4 is 9.47 Å². The Kier molecular flexibility index (Phi) is 3.30. The summed E-state index contributed by atoms with van der Waals surface area (Å²) in [5.41, 5.74) is 3.85. The van der Waals surface area contributed by atoms with Crippen LogP contribution in [0.4, 0.5) is 0 Å². The maximum Gasteiger partial charge on any atom is 0.189 e. The van der Waals surface area contributed by atoms with Crippen LogP contribution in [0.15, 0.2) is 42.4 Å². The van der Waals surface area contributed by atoms with E-state index in [1.165, 1.54) is 0 Å². The molecular formula is C18H15N3O3. The molecule has 1 aromatic carbocycles. The van der Waals surface area contributed by atoms with Gasteiger partial charge in [-0.25, -0.2) is 9.50 Å². The highest BCUT2D eigenvalue weighted by Crippen LogP contribution is 2.37. The predicted molar refractivity (Wildman–Crippen MR) is 88.5 cm³/mol. The Morgan fingerprint density at radius 1 is 1.21 bits per heavy atom. The van der Waals surface area contributed by atoms with E-state index in [-0.39, 0.29) is 5.78 Å². The van der Waals surface area contributed by atoms with E-state index >= 15 is 0 Å². The first-order valence-electron chi connectivity index (χ1n) is 7.50. The number of carbonyl (C=O) groups is 1. The van der Waals surface area contributed by atoms with Crippen molar-refractivity contribution in [2.75, 3.05) is 14.2 Å². The lowest BCUT2D eigenvalue weighted by atomic mass is 10.1. The standard InChI is InChI=1S/C18H15N3O3/c1-23-15-8-11-6-12(17(22)14(11)9-16(15)24-2)7-13-10-20-21-5-3-4-19-18(13)21/h3-5,7-10H,6H2,1-2H3/b12-7+. The summed E-state index contributed by atoms with van der Waals surface area (Å²) in [4.78, 5) is 17.0. The fourth-order valence-corrected chi connectivity index (χ4v) is 2.99. The average molecular weight is 321 g/mol. The van der Waals surface area contributed by atoms with Crippen LogP contribution in [0.2, 0.25) is 0 Å². The fourth-order valence-electron chi connectivity index (χ4n) is 2.99. The third-order valence-electron chi connectivity index (χ3n) is 4.16. The molecule has 0 bridgehead atoms. The van der Waals surface area contributed by atoms with Gasteiger partial charge in [-0.15, -0.1) is 0 Å². The molecule has 2 aromatic heterocycles. The largest absolute Gasteiger partial charge is 0.493 e. The Balaban J connectivity index is 1.77. The number of rotatable bonds is 3. The molecule has 0 radical (unpaired) electrons. The molecule has 120 valence electrons. The summed E-state index contributed by atoms with van der Waals surface area (Å²) in [5.74, 6) is 1.19. The second-order valence-corrected chi connectivity index (χ2v) is 5.53. The number of hydrogen-bond acceptors (Lipinski definition) is 5. The van der Waals surface area contributed by atoms with Gasteiger partial charge in [0.2, 0.25) is 0 Å². The Labute approximate surface area is 138 Å². The van der Waals surface area contributed by atoms with E-state index in [9.17, 15) is 4.79 Å². The minimum absolute atomic E-state index is 0.00114. The first-order chi connectivity index (χ1) is 11.7. The number of hydrogen-bond donors (Lipinski definition) is 0. The highest BCUT2D eigenvalue weighted by molar-refractivity contribution is 6.16. The average Bonchev–Trinajstić information content (AvgIpc) is 3.16. The van der Waals surface area contributed by atoms with Gasteiger partial charge in [0.15, 0.2) is 22.9 Å². The summed E-state index contributed by atoms with van der Waals surface area (Å²) < 4.78 is 12.3. The number of methoxy groups -OCH3 is 2. The van der Waals surface area contributed by atoms with E-state index in [1.807, 2.05) is 24.4 Å². The molecule has 1 aliphatic rings. The van der Waals surface area contributed by atoms with Gasteiger partial charge >= 0.3 is 0 Å². The monoisotopic (exact) mass is 321 g/mol. The number of carbonyl (C=O) groups excluding carboxylic acids is 1. The Bertz CT molecular complexity index is 988. The lowest BCUT2D eigenvalue weighted by Crippen LogP contribution is -1.97. The second kappa shape index (κ2) is 5.49. The third-order valence-corrected chi connectivity index (χ3v) is 4.16. The molecule has 0 N–H and O–H groups in total. The van der Waals surface area contributed by atoms with Gasteiger partial charge in [-0.1, -0.05) is 0 Å². The Morgan fingerprint density at radius 2 is 2.00 bits per heavy atom. The fraction of sp³-hybridized carbons (Fsp3) is 0.167. The number of benzene rings is 1. The van der Waals surface area contributed by atoms with Crippen LogP contribution in [0.1, 0.15) is 21.5 Å². The molecule has 0 fully saturated rings. The van der Waals surface area contributed by atoms with E-state index in [2.05, 4.69) is 10.1 Å². The van der Waals surface area contributed by atoms with Gasteiger partial charge in [-0.05, 0) is 29.8 Å². The van der Waals surface area contributed by atoms with E-state index in [0.717, 1.165) is 16.8 Å². The number of ether oxygens (including phenoxy) is 2.